The molecule has 2 fully saturated rings. The van der Waals surface area contributed by atoms with E-state index in [1.165, 1.54) is 0 Å². The lowest BCUT2D eigenvalue weighted by atomic mass is 9.82. The number of rotatable bonds is 8. The minimum Gasteiger partial charge on any atom is -0.497 e. The summed E-state index contributed by atoms with van der Waals surface area (Å²) < 4.78 is 29.0. The summed E-state index contributed by atoms with van der Waals surface area (Å²) in [7, 11) is -1.96. The predicted molar refractivity (Wildman–Crippen MR) is 191 cm³/mol. The minimum absolute atomic E-state index is 0.0982. The van der Waals surface area contributed by atoms with Crippen molar-refractivity contribution in [3.63, 3.8) is 0 Å². The number of halogens is 1. The number of hydrogen-bond donors (Lipinski definition) is 1. The first-order valence-corrected chi connectivity index (χ1v) is 20.7. The molecule has 3 aromatic carbocycles. The third-order valence-electron chi connectivity index (χ3n) is 11.3. The van der Waals surface area contributed by atoms with E-state index in [2.05, 4.69) is 0 Å². The Labute approximate surface area is 294 Å². The Hall–Kier alpha value is -4.06. The molecule has 0 unspecified atom stereocenters. The van der Waals surface area contributed by atoms with Gasteiger partial charge in [-0.15, -0.1) is 0 Å². The summed E-state index contributed by atoms with van der Waals surface area (Å²) in [5.41, 5.74) is 2.95. The van der Waals surface area contributed by atoms with E-state index in [1.54, 1.807) is 36.1 Å². The SMILES string of the molecule is COc1ccc2c(c1)[C@]1(O[C@@H](CC(=O)N3Cc4ccccc4C[C@H]3CO)[C@H]([Si](C)(C)F)[C@H]1C)C(=O)N2Cc1ccc(N2CCCCC2=O)cc1. The van der Waals surface area contributed by atoms with Gasteiger partial charge in [0.15, 0.2) is 5.60 Å². The van der Waals surface area contributed by atoms with Crippen LogP contribution in [0.1, 0.15) is 54.9 Å². The molecule has 11 heteroatoms. The van der Waals surface area contributed by atoms with Crippen molar-refractivity contribution in [2.24, 2.45) is 5.92 Å². The number of benzene rings is 3. The summed E-state index contributed by atoms with van der Waals surface area (Å²) >= 11 is 0. The van der Waals surface area contributed by atoms with E-state index in [0.717, 1.165) is 35.2 Å². The van der Waals surface area contributed by atoms with Gasteiger partial charge in [-0.2, -0.15) is 0 Å². The van der Waals surface area contributed by atoms with Gasteiger partial charge >= 0.3 is 0 Å². The van der Waals surface area contributed by atoms with Crippen molar-refractivity contribution in [2.75, 3.05) is 30.1 Å². The first-order chi connectivity index (χ1) is 24.0. The van der Waals surface area contributed by atoms with Crippen molar-refractivity contribution < 1.29 is 33.1 Å². The van der Waals surface area contributed by atoms with E-state index in [9.17, 15) is 19.5 Å². The zero-order chi connectivity index (χ0) is 35.4. The molecule has 0 saturated carbocycles. The Kier molecular flexibility index (Phi) is 9.11. The van der Waals surface area contributed by atoms with Crippen LogP contribution in [0, 0.1) is 5.92 Å². The number of aliphatic hydroxyl groups is 1. The average Bonchev–Trinajstić information content (AvgIpc) is 3.53. The molecule has 0 bridgehead atoms. The van der Waals surface area contributed by atoms with Crippen LogP contribution in [-0.4, -0.2) is 68.5 Å². The number of methoxy groups -OCH3 is 1. The molecule has 0 radical (unpaired) electrons. The number of carbonyl (C=O) groups excluding carboxylic acids is 3. The zero-order valence-electron chi connectivity index (χ0n) is 29.2. The maximum absolute atomic E-state index is 16.5. The van der Waals surface area contributed by atoms with Gasteiger partial charge in [-0.3, -0.25) is 14.4 Å². The van der Waals surface area contributed by atoms with Crippen molar-refractivity contribution in [1.82, 2.24) is 4.90 Å². The molecule has 4 heterocycles. The summed E-state index contributed by atoms with van der Waals surface area (Å²) in [6, 6.07) is 20.7. The number of ether oxygens (including phenoxy) is 2. The van der Waals surface area contributed by atoms with Gasteiger partial charge < -0.3 is 33.4 Å². The molecule has 1 N–H and O–H groups in total. The Balaban J connectivity index is 1.20. The number of fused-ring (bicyclic) bond motifs is 3. The largest absolute Gasteiger partial charge is 0.497 e. The minimum atomic E-state index is -3.52. The Bertz CT molecular complexity index is 1800. The number of aliphatic hydroxyl groups excluding tert-OH is 1. The second-order valence-corrected chi connectivity index (χ2v) is 18.5. The highest BCUT2D eigenvalue weighted by Gasteiger charge is 2.67. The van der Waals surface area contributed by atoms with Crippen LogP contribution in [0.15, 0.2) is 66.7 Å². The monoisotopic (exact) mass is 699 g/mol. The van der Waals surface area contributed by atoms with Crippen LogP contribution >= 0.6 is 0 Å². The fourth-order valence-corrected chi connectivity index (χ4v) is 11.4. The lowest BCUT2D eigenvalue weighted by Gasteiger charge is -2.37. The van der Waals surface area contributed by atoms with Crippen molar-refractivity contribution in [1.29, 1.82) is 0 Å². The van der Waals surface area contributed by atoms with Crippen LogP contribution in [0.25, 0.3) is 0 Å². The molecule has 0 aliphatic carbocycles. The van der Waals surface area contributed by atoms with Gasteiger partial charge in [0, 0.05) is 42.2 Å². The third kappa shape index (κ3) is 5.82. The van der Waals surface area contributed by atoms with Gasteiger partial charge in [0.1, 0.15) is 5.75 Å². The fourth-order valence-electron chi connectivity index (χ4n) is 8.88. The highest BCUT2D eigenvalue weighted by molar-refractivity contribution is 6.72. The molecular formula is C39H46FN3O6Si. The van der Waals surface area contributed by atoms with Crippen LogP contribution in [0.2, 0.25) is 18.6 Å². The zero-order valence-corrected chi connectivity index (χ0v) is 30.2. The number of hydrogen-bond acceptors (Lipinski definition) is 6. The fraction of sp³-hybridized carbons (Fsp3) is 0.462. The van der Waals surface area contributed by atoms with Crippen LogP contribution in [-0.2, 0) is 44.2 Å². The van der Waals surface area contributed by atoms with E-state index in [1.807, 2.05) is 72.5 Å². The standard InChI is InChI=1S/C39H46FN3O6Si/c1-25-37(50(3,4)40)34(21-36(46)42-23-28-10-6-5-9-27(28)19-30(42)24-44)49-39(25)32-20-31(48-2)16-17-33(32)43(38(39)47)22-26-12-14-29(15-13-26)41-18-8-7-11-35(41)45/h5-6,9-10,12-17,20,25,30,34,37,44H,7-8,11,18-19,21-24H2,1-4H3/t25-,30+,34+,37-,39+/m1/s1. The van der Waals surface area contributed by atoms with E-state index in [0.29, 0.717) is 42.9 Å². The first kappa shape index (κ1) is 34.4. The third-order valence-corrected chi connectivity index (χ3v) is 13.8. The van der Waals surface area contributed by atoms with Gasteiger partial charge in [-0.25, -0.2) is 0 Å². The molecule has 264 valence electrons. The second-order valence-electron chi connectivity index (χ2n) is 14.7. The van der Waals surface area contributed by atoms with E-state index in [4.69, 9.17) is 9.47 Å². The van der Waals surface area contributed by atoms with Gasteiger partial charge in [0.25, 0.3) is 5.91 Å². The Morgan fingerprint density at radius 1 is 1.06 bits per heavy atom. The molecule has 2 saturated heterocycles. The van der Waals surface area contributed by atoms with Gasteiger partial charge in [0.05, 0.1) is 44.5 Å². The summed E-state index contributed by atoms with van der Waals surface area (Å²) in [6.07, 6.45) is 2.02. The number of nitrogens with zero attached hydrogens (tertiary/aromatic N) is 3. The molecule has 0 aromatic heterocycles. The lowest BCUT2D eigenvalue weighted by molar-refractivity contribution is -0.151. The number of piperidine rings is 1. The second kappa shape index (κ2) is 13.2. The molecule has 9 nitrogen and oxygen atoms in total. The van der Waals surface area contributed by atoms with Crippen molar-refractivity contribution in [2.45, 2.75) is 88.5 Å². The number of anilines is 2. The summed E-state index contributed by atoms with van der Waals surface area (Å²) in [4.78, 5) is 46.7. The molecule has 7 rings (SSSR count). The molecule has 3 aromatic rings. The predicted octanol–water partition coefficient (Wildman–Crippen LogP) is 5.87. The maximum atomic E-state index is 16.5. The molecule has 5 atom stereocenters. The lowest BCUT2D eigenvalue weighted by Crippen LogP contribution is -2.48. The van der Waals surface area contributed by atoms with Gasteiger partial charge in [-0.05, 0) is 79.4 Å². The summed E-state index contributed by atoms with van der Waals surface area (Å²) in [5.74, 6) is -0.415. The van der Waals surface area contributed by atoms with E-state index in [-0.39, 0.29) is 37.3 Å². The molecule has 3 amide bonds. The summed E-state index contributed by atoms with van der Waals surface area (Å²) in [6.45, 7) is 6.24. The number of amides is 3. The van der Waals surface area contributed by atoms with Crippen molar-refractivity contribution >= 4 is 37.5 Å². The topological polar surface area (TPSA) is 99.6 Å². The first-order valence-electron chi connectivity index (χ1n) is 17.7. The van der Waals surface area contributed by atoms with E-state index >= 15 is 4.11 Å². The smallest absolute Gasteiger partial charge is 0.264 e. The number of carbonyl (C=O) groups is 3. The van der Waals surface area contributed by atoms with Crippen LogP contribution < -0.4 is 14.5 Å². The molecule has 1 spiro atoms. The Morgan fingerprint density at radius 2 is 1.80 bits per heavy atom. The van der Waals surface area contributed by atoms with Crippen LogP contribution in [0.5, 0.6) is 5.75 Å². The highest BCUT2D eigenvalue weighted by Crippen LogP contribution is 2.60. The van der Waals surface area contributed by atoms with Crippen LogP contribution in [0.3, 0.4) is 0 Å². The molecule has 50 heavy (non-hydrogen) atoms. The average molecular weight is 700 g/mol. The van der Waals surface area contributed by atoms with Crippen LogP contribution in [0.4, 0.5) is 15.5 Å². The molecular weight excluding hydrogens is 654 g/mol. The quantitative estimate of drug-likeness (QED) is 0.233. The van der Waals surface area contributed by atoms with Gasteiger partial charge in [0.2, 0.25) is 20.2 Å². The maximum Gasteiger partial charge on any atom is 0.264 e. The molecule has 4 aliphatic rings. The van der Waals surface area contributed by atoms with E-state index < -0.39 is 37.6 Å². The van der Waals surface area contributed by atoms with Crippen molar-refractivity contribution in [3.05, 3.63) is 89.0 Å². The highest BCUT2D eigenvalue weighted by atomic mass is 28.4. The Morgan fingerprint density at radius 3 is 2.48 bits per heavy atom. The van der Waals surface area contributed by atoms with Crippen molar-refractivity contribution in [3.8, 4) is 5.75 Å². The molecule has 4 aliphatic heterocycles. The van der Waals surface area contributed by atoms with Gasteiger partial charge in [-0.1, -0.05) is 43.3 Å². The summed E-state index contributed by atoms with van der Waals surface area (Å²) in [5, 5.41) is 10.3. The normalized spacial score (nSPS) is 26.4.